The third-order valence-corrected chi connectivity index (χ3v) is 5.62. The van der Waals surface area contributed by atoms with E-state index in [1.54, 1.807) is 18.2 Å². The van der Waals surface area contributed by atoms with Gasteiger partial charge in [-0.2, -0.15) is 0 Å². The zero-order chi connectivity index (χ0) is 19.5. The van der Waals surface area contributed by atoms with E-state index in [-0.39, 0.29) is 5.78 Å². The second kappa shape index (κ2) is 11.8. The zero-order valence-corrected chi connectivity index (χ0v) is 17.7. The van der Waals surface area contributed by atoms with Crippen molar-refractivity contribution in [1.29, 1.82) is 0 Å². The Labute approximate surface area is 171 Å². The fourth-order valence-electron chi connectivity index (χ4n) is 2.53. The normalized spacial score (nSPS) is 11.4. The molecule has 0 radical (unpaired) electrons. The van der Waals surface area contributed by atoms with Crippen molar-refractivity contribution in [2.24, 2.45) is 0 Å². The number of benzene rings is 1. The van der Waals surface area contributed by atoms with Crippen molar-refractivity contribution in [3.63, 3.8) is 0 Å². The minimum absolute atomic E-state index is 0.150. The van der Waals surface area contributed by atoms with Gasteiger partial charge in [0.15, 0.2) is 5.76 Å². The van der Waals surface area contributed by atoms with E-state index >= 15 is 0 Å². The van der Waals surface area contributed by atoms with Crippen LogP contribution in [0.5, 0.6) is 0 Å². The van der Waals surface area contributed by atoms with Crippen LogP contribution >= 0.6 is 24.0 Å². The lowest BCUT2D eigenvalue weighted by Crippen LogP contribution is -2.29. The summed E-state index contributed by atoms with van der Waals surface area (Å²) in [5, 5.41) is 0. The smallest absolute Gasteiger partial charge is 0.222 e. The highest BCUT2D eigenvalue weighted by atomic mass is 32.2. The maximum Gasteiger partial charge on any atom is 0.222 e. The SMILES string of the molecule is CCCCN(CCCC)C(=S)S/C(=C\C(=O)c1ccco1)c1ccccc1. The van der Waals surface area contributed by atoms with Gasteiger partial charge >= 0.3 is 0 Å². The van der Waals surface area contributed by atoms with Crippen molar-refractivity contribution in [1.82, 2.24) is 4.90 Å². The lowest BCUT2D eigenvalue weighted by molar-refractivity contribution is 0.102. The second-order valence-corrected chi connectivity index (χ2v) is 7.95. The van der Waals surface area contributed by atoms with Gasteiger partial charge in [-0.3, -0.25) is 4.79 Å². The molecule has 0 fully saturated rings. The van der Waals surface area contributed by atoms with E-state index in [2.05, 4.69) is 18.7 Å². The van der Waals surface area contributed by atoms with Crippen LogP contribution in [-0.2, 0) is 0 Å². The average Bonchev–Trinajstić information content (AvgIpc) is 3.23. The van der Waals surface area contributed by atoms with Crippen LogP contribution in [0.1, 0.15) is 55.6 Å². The maximum absolute atomic E-state index is 12.5. The van der Waals surface area contributed by atoms with Crippen molar-refractivity contribution in [3.05, 3.63) is 66.1 Å². The summed E-state index contributed by atoms with van der Waals surface area (Å²) in [5.74, 6) is 0.187. The Kier molecular flexibility index (Phi) is 9.36. The van der Waals surface area contributed by atoms with Crippen molar-refractivity contribution in [2.75, 3.05) is 13.1 Å². The monoisotopic (exact) mass is 401 g/mol. The molecule has 1 aromatic heterocycles. The molecule has 144 valence electrons. The molecule has 0 aliphatic heterocycles. The molecule has 0 saturated heterocycles. The van der Waals surface area contributed by atoms with E-state index in [4.69, 9.17) is 16.6 Å². The topological polar surface area (TPSA) is 33.5 Å². The molecule has 3 nitrogen and oxygen atoms in total. The number of rotatable bonds is 10. The first-order chi connectivity index (χ1) is 13.2. The summed E-state index contributed by atoms with van der Waals surface area (Å²) in [4.78, 5) is 15.7. The first-order valence-corrected chi connectivity index (χ1v) is 10.7. The molecule has 0 bridgehead atoms. The van der Waals surface area contributed by atoms with E-state index in [1.165, 1.54) is 18.0 Å². The summed E-state index contributed by atoms with van der Waals surface area (Å²) in [6.45, 7) is 6.28. The maximum atomic E-state index is 12.5. The second-order valence-electron chi connectivity index (χ2n) is 6.28. The third kappa shape index (κ3) is 7.00. The van der Waals surface area contributed by atoms with Gasteiger partial charge in [0.2, 0.25) is 5.78 Å². The molecule has 27 heavy (non-hydrogen) atoms. The van der Waals surface area contributed by atoms with Gasteiger partial charge in [0.1, 0.15) is 4.32 Å². The quantitative estimate of drug-likeness (QED) is 0.260. The van der Waals surface area contributed by atoms with E-state index in [0.29, 0.717) is 5.76 Å². The fourth-order valence-corrected chi connectivity index (χ4v) is 3.91. The van der Waals surface area contributed by atoms with Crippen molar-refractivity contribution >= 4 is 39.0 Å². The predicted octanol–water partition coefficient (Wildman–Crippen LogP) is 6.42. The van der Waals surface area contributed by atoms with Crippen LogP contribution in [0.4, 0.5) is 0 Å². The Hall–Kier alpha value is -1.85. The molecular weight excluding hydrogens is 374 g/mol. The van der Waals surface area contributed by atoms with Crippen LogP contribution in [0.25, 0.3) is 4.91 Å². The summed E-state index contributed by atoms with van der Waals surface area (Å²) in [7, 11) is 0. The number of unbranched alkanes of at least 4 members (excludes halogenated alkanes) is 2. The Morgan fingerprint density at radius 1 is 1.07 bits per heavy atom. The van der Waals surface area contributed by atoms with Crippen molar-refractivity contribution < 1.29 is 9.21 Å². The molecule has 2 rings (SSSR count). The van der Waals surface area contributed by atoms with Gasteiger partial charge in [-0.1, -0.05) is 81.0 Å². The van der Waals surface area contributed by atoms with Crippen LogP contribution in [0, 0.1) is 0 Å². The van der Waals surface area contributed by atoms with Crippen LogP contribution in [-0.4, -0.2) is 28.1 Å². The van der Waals surface area contributed by atoms with Crippen molar-refractivity contribution in [2.45, 2.75) is 39.5 Å². The van der Waals surface area contributed by atoms with Gasteiger partial charge in [0.05, 0.1) is 6.26 Å². The minimum Gasteiger partial charge on any atom is -0.461 e. The summed E-state index contributed by atoms with van der Waals surface area (Å²) in [6.07, 6.45) is 7.63. The number of carbonyl (C=O) groups excluding carboxylic acids is 1. The molecule has 0 N–H and O–H groups in total. The first kappa shape index (κ1) is 21.5. The predicted molar refractivity (Wildman–Crippen MR) is 119 cm³/mol. The number of allylic oxidation sites excluding steroid dienone is 1. The molecule has 0 atom stereocenters. The highest BCUT2D eigenvalue weighted by Crippen LogP contribution is 2.31. The summed E-state index contributed by atoms with van der Waals surface area (Å²) in [6, 6.07) is 13.3. The molecule has 0 unspecified atom stereocenters. The molecule has 0 amide bonds. The highest BCUT2D eigenvalue weighted by molar-refractivity contribution is 8.29. The molecule has 5 heteroatoms. The molecule has 0 aliphatic rings. The third-order valence-electron chi connectivity index (χ3n) is 4.10. The van der Waals surface area contributed by atoms with Crippen molar-refractivity contribution in [3.8, 4) is 0 Å². The van der Waals surface area contributed by atoms with E-state index < -0.39 is 0 Å². The standard InChI is InChI=1S/C22H27NO2S2/c1-3-5-14-23(15-6-4-2)22(26)27-21(18-11-8-7-9-12-18)17-19(24)20-13-10-16-25-20/h7-13,16-17H,3-6,14-15H2,1-2H3/b21-17-. The Morgan fingerprint density at radius 3 is 2.30 bits per heavy atom. The lowest BCUT2D eigenvalue weighted by Gasteiger charge is -2.25. The number of nitrogens with zero attached hydrogens (tertiary/aromatic N) is 1. The van der Waals surface area contributed by atoms with Gasteiger partial charge in [0, 0.05) is 24.1 Å². The molecular formula is C22H27NO2S2. The molecule has 1 aromatic carbocycles. The van der Waals surface area contributed by atoms with E-state index in [1.807, 2.05) is 30.3 Å². The van der Waals surface area contributed by atoms with Gasteiger partial charge in [-0.05, 0) is 30.5 Å². The van der Waals surface area contributed by atoms with Gasteiger partial charge in [-0.15, -0.1) is 0 Å². The molecule has 0 spiro atoms. The largest absolute Gasteiger partial charge is 0.461 e. The zero-order valence-electron chi connectivity index (χ0n) is 16.0. The van der Waals surface area contributed by atoms with Crippen LogP contribution in [0.3, 0.4) is 0 Å². The van der Waals surface area contributed by atoms with Gasteiger partial charge < -0.3 is 9.32 Å². The Balaban J connectivity index is 2.22. The molecule has 0 aliphatic carbocycles. The van der Waals surface area contributed by atoms with Crippen LogP contribution in [0.15, 0.2) is 59.2 Å². The number of furan rings is 1. The lowest BCUT2D eigenvalue weighted by atomic mass is 10.2. The first-order valence-electron chi connectivity index (χ1n) is 9.47. The van der Waals surface area contributed by atoms with E-state index in [9.17, 15) is 4.79 Å². The van der Waals surface area contributed by atoms with Crippen LogP contribution in [0.2, 0.25) is 0 Å². The number of hydrogen-bond donors (Lipinski definition) is 0. The number of carbonyl (C=O) groups is 1. The van der Waals surface area contributed by atoms with Crippen LogP contribution < -0.4 is 0 Å². The minimum atomic E-state index is -0.150. The number of ketones is 1. The van der Waals surface area contributed by atoms with Gasteiger partial charge in [0.25, 0.3) is 0 Å². The summed E-state index contributed by atoms with van der Waals surface area (Å²) < 4.78 is 6.06. The molecule has 2 aromatic rings. The fraction of sp³-hybridized carbons (Fsp3) is 0.364. The highest BCUT2D eigenvalue weighted by Gasteiger charge is 2.15. The Bertz CT molecular complexity index is 731. The summed E-state index contributed by atoms with van der Waals surface area (Å²) in [5.41, 5.74) is 0.982. The Morgan fingerprint density at radius 2 is 1.74 bits per heavy atom. The number of thioether (sulfide) groups is 1. The average molecular weight is 402 g/mol. The number of hydrogen-bond acceptors (Lipinski definition) is 4. The molecule has 0 saturated carbocycles. The number of thiocarbonyl (C=S) groups is 1. The van der Waals surface area contributed by atoms with E-state index in [0.717, 1.165) is 53.6 Å². The summed E-state index contributed by atoms with van der Waals surface area (Å²) >= 11 is 7.23. The van der Waals surface area contributed by atoms with Gasteiger partial charge in [-0.25, -0.2) is 0 Å². The molecule has 1 heterocycles.